The molecule has 3 rings (SSSR count). The SMILES string of the molecule is S=C(c1ccccc1Oc1ccc(Br)cc1)N1CCOCC1. The smallest absolute Gasteiger partial charge is 0.137 e. The molecule has 5 heteroatoms. The van der Waals surface area contributed by atoms with Gasteiger partial charge in [-0.2, -0.15) is 0 Å². The van der Waals surface area contributed by atoms with Crippen molar-refractivity contribution in [2.75, 3.05) is 26.3 Å². The van der Waals surface area contributed by atoms with E-state index in [0.29, 0.717) is 0 Å². The second-order valence-corrected chi connectivity index (χ2v) is 6.26. The minimum atomic E-state index is 0.718. The monoisotopic (exact) mass is 377 g/mol. The van der Waals surface area contributed by atoms with Gasteiger partial charge in [0.2, 0.25) is 0 Å². The van der Waals surface area contributed by atoms with Crippen LogP contribution in [-0.2, 0) is 4.74 Å². The van der Waals surface area contributed by atoms with Gasteiger partial charge in [-0.1, -0.05) is 40.3 Å². The van der Waals surface area contributed by atoms with E-state index in [1.807, 2.05) is 48.5 Å². The Morgan fingerprint density at radius 3 is 2.45 bits per heavy atom. The van der Waals surface area contributed by atoms with Crippen molar-refractivity contribution in [3.8, 4) is 11.5 Å². The molecule has 0 N–H and O–H groups in total. The molecule has 0 amide bonds. The zero-order valence-corrected chi connectivity index (χ0v) is 14.4. The predicted octanol–water partition coefficient (Wildman–Crippen LogP) is 4.25. The van der Waals surface area contributed by atoms with E-state index in [0.717, 1.165) is 52.8 Å². The molecule has 114 valence electrons. The highest BCUT2D eigenvalue weighted by molar-refractivity contribution is 9.10. The van der Waals surface area contributed by atoms with Crippen LogP contribution in [0.3, 0.4) is 0 Å². The Balaban J connectivity index is 1.82. The first-order chi connectivity index (χ1) is 10.7. The molecule has 0 aromatic heterocycles. The summed E-state index contributed by atoms with van der Waals surface area (Å²) in [4.78, 5) is 2.99. The maximum absolute atomic E-state index is 6.01. The highest BCUT2D eigenvalue weighted by Crippen LogP contribution is 2.28. The maximum atomic E-state index is 6.01. The molecule has 0 radical (unpaired) electrons. The molecule has 3 nitrogen and oxygen atoms in total. The van der Waals surface area contributed by atoms with Crippen LogP contribution in [0.5, 0.6) is 11.5 Å². The summed E-state index contributed by atoms with van der Waals surface area (Å²) in [5.41, 5.74) is 0.947. The van der Waals surface area contributed by atoms with Gasteiger partial charge in [0.25, 0.3) is 0 Å². The van der Waals surface area contributed by atoms with Crippen LogP contribution in [-0.4, -0.2) is 36.2 Å². The summed E-state index contributed by atoms with van der Waals surface area (Å²) in [6, 6.07) is 15.7. The van der Waals surface area contributed by atoms with E-state index < -0.39 is 0 Å². The van der Waals surface area contributed by atoms with Gasteiger partial charge in [-0.3, -0.25) is 0 Å². The highest BCUT2D eigenvalue weighted by atomic mass is 79.9. The molecule has 1 aliphatic heterocycles. The Labute approximate surface area is 144 Å². The van der Waals surface area contributed by atoms with E-state index in [9.17, 15) is 0 Å². The number of hydrogen-bond acceptors (Lipinski definition) is 3. The van der Waals surface area contributed by atoms with Crippen molar-refractivity contribution >= 4 is 33.1 Å². The van der Waals surface area contributed by atoms with Gasteiger partial charge in [0, 0.05) is 17.6 Å². The normalized spacial score (nSPS) is 14.7. The van der Waals surface area contributed by atoms with E-state index in [2.05, 4.69) is 20.8 Å². The molecule has 0 bridgehead atoms. The van der Waals surface area contributed by atoms with E-state index in [1.165, 1.54) is 0 Å². The van der Waals surface area contributed by atoms with Gasteiger partial charge in [0.1, 0.15) is 16.5 Å². The fourth-order valence-electron chi connectivity index (χ4n) is 2.30. The lowest BCUT2D eigenvalue weighted by Crippen LogP contribution is -2.40. The van der Waals surface area contributed by atoms with Crippen molar-refractivity contribution < 1.29 is 9.47 Å². The third kappa shape index (κ3) is 3.66. The molecule has 2 aromatic rings. The molecule has 2 aromatic carbocycles. The van der Waals surface area contributed by atoms with Gasteiger partial charge in [0.05, 0.1) is 18.8 Å². The van der Waals surface area contributed by atoms with E-state index >= 15 is 0 Å². The van der Waals surface area contributed by atoms with Gasteiger partial charge in [-0.25, -0.2) is 0 Å². The Morgan fingerprint density at radius 2 is 1.73 bits per heavy atom. The Hall–Kier alpha value is -1.43. The lowest BCUT2D eigenvalue weighted by Gasteiger charge is -2.29. The summed E-state index contributed by atoms with van der Waals surface area (Å²) >= 11 is 9.07. The highest BCUT2D eigenvalue weighted by Gasteiger charge is 2.18. The number of ether oxygens (including phenoxy) is 2. The van der Waals surface area contributed by atoms with Crippen molar-refractivity contribution in [2.45, 2.75) is 0 Å². The number of morpholine rings is 1. The van der Waals surface area contributed by atoms with Crippen molar-refractivity contribution in [2.24, 2.45) is 0 Å². The summed E-state index contributed by atoms with van der Waals surface area (Å²) in [7, 11) is 0. The van der Waals surface area contributed by atoms with Crippen LogP contribution in [0.25, 0.3) is 0 Å². The summed E-state index contributed by atoms with van der Waals surface area (Å²) in [6.07, 6.45) is 0. The molecule has 1 fully saturated rings. The van der Waals surface area contributed by atoms with Gasteiger partial charge in [-0.15, -0.1) is 0 Å². The maximum Gasteiger partial charge on any atom is 0.137 e. The second-order valence-electron chi connectivity index (χ2n) is 4.96. The van der Waals surface area contributed by atoms with Crippen LogP contribution in [0.15, 0.2) is 53.0 Å². The van der Waals surface area contributed by atoms with Crippen LogP contribution in [0.4, 0.5) is 0 Å². The molecule has 1 heterocycles. The van der Waals surface area contributed by atoms with Crippen molar-refractivity contribution in [3.63, 3.8) is 0 Å². The number of hydrogen-bond donors (Lipinski definition) is 0. The summed E-state index contributed by atoms with van der Waals surface area (Å²) in [5.74, 6) is 1.57. The third-order valence-electron chi connectivity index (χ3n) is 3.46. The second kappa shape index (κ2) is 7.22. The average Bonchev–Trinajstić information content (AvgIpc) is 2.58. The summed E-state index contributed by atoms with van der Waals surface area (Å²) < 4.78 is 12.4. The summed E-state index contributed by atoms with van der Waals surface area (Å²) in [5, 5.41) is 0. The Morgan fingerprint density at radius 1 is 1.05 bits per heavy atom. The molecule has 0 aliphatic carbocycles. The number of nitrogens with zero attached hydrogens (tertiary/aromatic N) is 1. The standard InChI is InChI=1S/C17H16BrNO2S/c18-13-5-7-14(8-6-13)21-16-4-2-1-3-15(16)17(22)19-9-11-20-12-10-19/h1-8H,9-12H2. The largest absolute Gasteiger partial charge is 0.457 e. The van der Waals surface area contributed by atoms with Crippen molar-refractivity contribution in [1.29, 1.82) is 0 Å². The first-order valence-corrected chi connectivity index (χ1v) is 8.33. The van der Waals surface area contributed by atoms with Crippen molar-refractivity contribution in [3.05, 3.63) is 58.6 Å². The lowest BCUT2D eigenvalue weighted by molar-refractivity contribution is 0.0692. The van der Waals surface area contributed by atoms with Crippen molar-refractivity contribution in [1.82, 2.24) is 4.90 Å². The zero-order chi connectivity index (χ0) is 15.4. The molecule has 0 atom stereocenters. The molecule has 22 heavy (non-hydrogen) atoms. The number of rotatable bonds is 3. The van der Waals surface area contributed by atoms with Gasteiger partial charge in [0.15, 0.2) is 0 Å². The molecule has 1 saturated heterocycles. The van der Waals surface area contributed by atoms with Gasteiger partial charge >= 0.3 is 0 Å². The van der Waals surface area contributed by atoms with E-state index in [1.54, 1.807) is 0 Å². The van der Waals surface area contributed by atoms with Crippen LogP contribution in [0.2, 0.25) is 0 Å². The van der Waals surface area contributed by atoms with E-state index in [4.69, 9.17) is 21.7 Å². The molecular weight excluding hydrogens is 362 g/mol. The van der Waals surface area contributed by atoms with Crippen LogP contribution >= 0.6 is 28.1 Å². The average molecular weight is 378 g/mol. The third-order valence-corrected chi connectivity index (χ3v) is 4.46. The Kier molecular flexibility index (Phi) is 5.08. The first kappa shape index (κ1) is 15.5. The quantitative estimate of drug-likeness (QED) is 0.745. The van der Waals surface area contributed by atoms with E-state index in [-0.39, 0.29) is 0 Å². The number of thiocarbonyl (C=S) groups is 1. The number of benzene rings is 2. The summed E-state index contributed by atoms with van der Waals surface area (Å²) in [6.45, 7) is 3.09. The fraction of sp³-hybridized carbons (Fsp3) is 0.235. The molecule has 1 aliphatic rings. The number of para-hydroxylation sites is 1. The zero-order valence-electron chi connectivity index (χ0n) is 12.0. The van der Waals surface area contributed by atoms with Gasteiger partial charge < -0.3 is 14.4 Å². The minimum Gasteiger partial charge on any atom is -0.457 e. The van der Waals surface area contributed by atoms with Crippen LogP contribution in [0.1, 0.15) is 5.56 Å². The van der Waals surface area contributed by atoms with Crippen LogP contribution in [0, 0.1) is 0 Å². The Bertz CT molecular complexity index is 654. The molecule has 0 spiro atoms. The first-order valence-electron chi connectivity index (χ1n) is 7.13. The number of halogens is 1. The lowest BCUT2D eigenvalue weighted by atomic mass is 10.1. The fourth-order valence-corrected chi connectivity index (χ4v) is 2.91. The van der Waals surface area contributed by atoms with Crippen LogP contribution < -0.4 is 4.74 Å². The molecule has 0 unspecified atom stereocenters. The van der Waals surface area contributed by atoms with Gasteiger partial charge in [-0.05, 0) is 36.4 Å². The topological polar surface area (TPSA) is 21.7 Å². The predicted molar refractivity (Wildman–Crippen MR) is 94.8 cm³/mol. The molecular formula is C17H16BrNO2S. The molecule has 0 saturated carbocycles. The minimum absolute atomic E-state index is 0.718.